The Labute approximate surface area is 149 Å². The van der Waals surface area contributed by atoms with Gasteiger partial charge in [0.15, 0.2) is 5.96 Å². The van der Waals surface area contributed by atoms with Crippen LogP contribution < -0.4 is 10.6 Å². The van der Waals surface area contributed by atoms with Crippen molar-refractivity contribution in [3.63, 3.8) is 0 Å². The van der Waals surface area contributed by atoms with Crippen LogP contribution in [0.4, 0.5) is 0 Å². The molecule has 22 heavy (non-hydrogen) atoms. The molecule has 1 saturated heterocycles. The Morgan fingerprint density at radius 3 is 2.86 bits per heavy atom. The molecule has 0 aliphatic carbocycles. The van der Waals surface area contributed by atoms with Crippen molar-refractivity contribution < 1.29 is 4.74 Å². The first kappa shape index (κ1) is 19.2. The van der Waals surface area contributed by atoms with Crippen LogP contribution >= 0.6 is 24.0 Å². The normalized spacial score (nSPS) is 17.6. The number of nitrogens with zero attached hydrogens (tertiary/aromatic N) is 3. The Bertz CT molecular complexity index is 419. The first-order valence-electron chi connectivity index (χ1n) is 7.62. The molecule has 1 aliphatic heterocycles. The van der Waals surface area contributed by atoms with Gasteiger partial charge in [0, 0.05) is 38.4 Å². The monoisotopic (exact) mass is 422 g/mol. The minimum absolute atomic E-state index is 0. The number of aliphatic imine (C=N–C) groups is 1. The van der Waals surface area contributed by atoms with Crippen LogP contribution in [0.2, 0.25) is 0 Å². The van der Waals surface area contributed by atoms with Gasteiger partial charge in [-0.15, -0.1) is 24.0 Å². The lowest BCUT2D eigenvalue weighted by atomic mass is 10.2. The average Bonchev–Trinajstić information content (AvgIpc) is 3.04. The fourth-order valence-corrected chi connectivity index (χ4v) is 2.27. The molecule has 0 radical (unpaired) electrons. The summed E-state index contributed by atoms with van der Waals surface area (Å²) < 4.78 is 5.39. The molecule has 7 nitrogen and oxygen atoms in total. The van der Waals surface area contributed by atoms with E-state index in [0.29, 0.717) is 12.6 Å². The third-order valence-electron chi connectivity index (χ3n) is 3.54. The van der Waals surface area contributed by atoms with Gasteiger partial charge in [-0.1, -0.05) is 0 Å². The van der Waals surface area contributed by atoms with Gasteiger partial charge in [0.05, 0.1) is 25.5 Å². The van der Waals surface area contributed by atoms with E-state index in [2.05, 4.69) is 44.6 Å². The van der Waals surface area contributed by atoms with Gasteiger partial charge < -0.3 is 15.4 Å². The fourth-order valence-electron chi connectivity index (χ4n) is 2.27. The van der Waals surface area contributed by atoms with Crippen LogP contribution in [0.25, 0.3) is 0 Å². The molecule has 0 saturated carbocycles. The predicted molar refractivity (Wildman–Crippen MR) is 98.7 cm³/mol. The molecule has 1 fully saturated rings. The van der Waals surface area contributed by atoms with Gasteiger partial charge in [0.1, 0.15) is 0 Å². The van der Waals surface area contributed by atoms with E-state index in [9.17, 15) is 0 Å². The highest BCUT2D eigenvalue weighted by Gasteiger charge is 2.16. The number of H-pyrrole nitrogens is 1. The molecule has 3 N–H and O–H groups in total. The number of rotatable bonds is 6. The molecule has 0 spiro atoms. The van der Waals surface area contributed by atoms with Crippen molar-refractivity contribution in [2.45, 2.75) is 26.4 Å². The molecule has 1 aromatic heterocycles. The average molecular weight is 422 g/mol. The third-order valence-corrected chi connectivity index (χ3v) is 3.54. The van der Waals surface area contributed by atoms with E-state index in [0.717, 1.165) is 51.0 Å². The van der Waals surface area contributed by atoms with E-state index < -0.39 is 0 Å². The molecule has 1 atom stereocenters. The van der Waals surface area contributed by atoms with Crippen LogP contribution in [-0.2, 0) is 11.3 Å². The van der Waals surface area contributed by atoms with Crippen molar-refractivity contribution in [3.8, 4) is 0 Å². The van der Waals surface area contributed by atoms with E-state index in [4.69, 9.17) is 4.74 Å². The van der Waals surface area contributed by atoms with Crippen molar-refractivity contribution in [1.82, 2.24) is 25.7 Å². The summed E-state index contributed by atoms with van der Waals surface area (Å²) in [5.41, 5.74) is 1.01. The summed E-state index contributed by atoms with van der Waals surface area (Å²) >= 11 is 0. The smallest absolute Gasteiger partial charge is 0.191 e. The van der Waals surface area contributed by atoms with E-state index in [1.54, 1.807) is 6.20 Å². The molecule has 0 bridgehead atoms. The van der Waals surface area contributed by atoms with Crippen molar-refractivity contribution in [2.24, 2.45) is 4.99 Å². The maximum Gasteiger partial charge on any atom is 0.191 e. The van der Waals surface area contributed by atoms with E-state index in [-0.39, 0.29) is 24.0 Å². The van der Waals surface area contributed by atoms with Crippen LogP contribution in [0.1, 0.15) is 19.5 Å². The van der Waals surface area contributed by atoms with Gasteiger partial charge in [0.25, 0.3) is 0 Å². The van der Waals surface area contributed by atoms with Crippen LogP contribution in [0.15, 0.2) is 17.3 Å². The van der Waals surface area contributed by atoms with Crippen molar-refractivity contribution in [2.75, 3.05) is 39.4 Å². The predicted octanol–water partition coefficient (Wildman–Crippen LogP) is 0.804. The third kappa shape index (κ3) is 6.49. The Morgan fingerprint density at radius 1 is 1.45 bits per heavy atom. The van der Waals surface area contributed by atoms with Gasteiger partial charge in [0.2, 0.25) is 0 Å². The number of hydrogen-bond acceptors (Lipinski definition) is 4. The van der Waals surface area contributed by atoms with Crippen molar-refractivity contribution in [3.05, 3.63) is 18.0 Å². The second-order valence-electron chi connectivity index (χ2n) is 5.16. The lowest BCUT2D eigenvalue weighted by Crippen LogP contribution is -2.49. The minimum atomic E-state index is 0. The van der Waals surface area contributed by atoms with Crippen LogP contribution in [0, 0.1) is 0 Å². The first-order chi connectivity index (χ1) is 10.3. The summed E-state index contributed by atoms with van der Waals surface area (Å²) in [5.74, 6) is 0.840. The zero-order valence-electron chi connectivity index (χ0n) is 13.3. The Kier molecular flexibility index (Phi) is 9.41. The molecule has 8 heteroatoms. The number of halogens is 1. The summed E-state index contributed by atoms with van der Waals surface area (Å²) in [4.78, 5) is 6.99. The number of nitrogens with one attached hydrogen (secondary N) is 3. The van der Waals surface area contributed by atoms with Crippen LogP contribution in [-0.4, -0.2) is 66.5 Å². The summed E-state index contributed by atoms with van der Waals surface area (Å²) in [7, 11) is 0. The maximum absolute atomic E-state index is 5.39. The highest BCUT2D eigenvalue weighted by Crippen LogP contribution is 2.02. The zero-order chi connectivity index (χ0) is 14.9. The quantitative estimate of drug-likeness (QED) is 0.359. The van der Waals surface area contributed by atoms with E-state index >= 15 is 0 Å². The van der Waals surface area contributed by atoms with Gasteiger partial charge in [-0.25, -0.2) is 4.99 Å². The first-order valence-corrected chi connectivity index (χ1v) is 7.62. The topological polar surface area (TPSA) is 77.6 Å². The largest absolute Gasteiger partial charge is 0.379 e. The molecule has 1 aliphatic rings. The number of guanidine groups is 1. The molecule has 2 rings (SSSR count). The molecule has 0 amide bonds. The summed E-state index contributed by atoms with van der Waals surface area (Å²) in [6.45, 7) is 10.3. The number of aromatic amines is 1. The lowest BCUT2D eigenvalue weighted by molar-refractivity contribution is 0.0211. The number of ether oxygens (including phenoxy) is 1. The van der Waals surface area contributed by atoms with Gasteiger partial charge in [-0.3, -0.25) is 10.00 Å². The SMILES string of the molecule is CCNC(=NCc1ccn[nH]1)NCC(C)N1CCOCC1.I. The van der Waals surface area contributed by atoms with Crippen LogP contribution in [0.3, 0.4) is 0 Å². The molecule has 1 unspecified atom stereocenters. The molecular weight excluding hydrogens is 395 g/mol. The highest BCUT2D eigenvalue weighted by molar-refractivity contribution is 14.0. The van der Waals surface area contributed by atoms with Crippen molar-refractivity contribution >= 4 is 29.9 Å². The van der Waals surface area contributed by atoms with E-state index in [1.807, 2.05) is 6.07 Å². The maximum atomic E-state index is 5.39. The molecule has 1 aromatic rings. The summed E-state index contributed by atoms with van der Waals surface area (Å²) in [6.07, 6.45) is 1.74. The minimum Gasteiger partial charge on any atom is -0.379 e. The molecule has 0 aromatic carbocycles. The van der Waals surface area contributed by atoms with Gasteiger partial charge in [-0.2, -0.15) is 5.10 Å². The van der Waals surface area contributed by atoms with E-state index in [1.165, 1.54) is 0 Å². The molecular formula is C14H27IN6O. The van der Waals surface area contributed by atoms with Crippen LogP contribution in [0.5, 0.6) is 0 Å². The number of morpholine rings is 1. The Morgan fingerprint density at radius 2 is 2.23 bits per heavy atom. The Balaban J connectivity index is 0.00000242. The van der Waals surface area contributed by atoms with Gasteiger partial charge in [-0.05, 0) is 19.9 Å². The summed E-state index contributed by atoms with van der Waals surface area (Å²) in [6, 6.07) is 2.40. The Hall–Kier alpha value is -0.870. The zero-order valence-corrected chi connectivity index (χ0v) is 15.7. The van der Waals surface area contributed by atoms with Crippen molar-refractivity contribution in [1.29, 1.82) is 0 Å². The second-order valence-corrected chi connectivity index (χ2v) is 5.16. The fraction of sp³-hybridized carbons (Fsp3) is 0.714. The highest BCUT2D eigenvalue weighted by atomic mass is 127. The second kappa shape index (κ2) is 10.8. The number of hydrogen-bond donors (Lipinski definition) is 3. The standard InChI is InChI=1S/C14H26N6O.HI/c1-3-15-14(17-11-13-4-5-18-19-13)16-10-12(2)20-6-8-21-9-7-20;/h4-5,12H,3,6-11H2,1-2H3,(H,18,19)(H2,15,16,17);1H. The lowest BCUT2D eigenvalue weighted by Gasteiger charge is -2.32. The van der Waals surface area contributed by atoms with Gasteiger partial charge >= 0.3 is 0 Å². The number of aromatic nitrogens is 2. The molecule has 126 valence electrons. The molecule has 2 heterocycles. The summed E-state index contributed by atoms with van der Waals surface area (Å²) in [5, 5.41) is 13.5.